The molecule has 0 spiro atoms. The number of ether oxygens (including phenoxy) is 1. The van der Waals surface area contributed by atoms with Gasteiger partial charge in [-0.3, -0.25) is 4.57 Å². The number of nitrogens with zero attached hydrogens (tertiary/aromatic N) is 4. The summed E-state index contributed by atoms with van der Waals surface area (Å²) in [4.78, 5) is 31.7. The van der Waals surface area contributed by atoms with E-state index in [-0.39, 0.29) is 16.0 Å². The minimum absolute atomic E-state index is 0.000221. The summed E-state index contributed by atoms with van der Waals surface area (Å²) >= 11 is 2.17. The number of aromatic nitrogens is 4. The smallest absolute Gasteiger partial charge is 0.354 e. The van der Waals surface area contributed by atoms with Crippen molar-refractivity contribution in [2.24, 2.45) is 0 Å². The number of hydrogen-bond acceptors (Lipinski definition) is 6. The summed E-state index contributed by atoms with van der Waals surface area (Å²) in [5.41, 5.74) is 8.13. The van der Waals surface area contributed by atoms with Crippen LogP contribution in [0, 0.1) is 0 Å². The highest BCUT2D eigenvalue weighted by atomic mass is 127. The first-order valence-electron chi connectivity index (χ1n) is 7.66. The molecule has 1 saturated heterocycles. The Labute approximate surface area is 151 Å². The zero-order chi connectivity index (χ0) is 17.1. The van der Waals surface area contributed by atoms with Gasteiger partial charge >= 0.3 is 7.60 Å². The number of halogens is 1. The molecular formula is C13H17IN5O4P. The van der Waals surface area contributed by atoms with Crippen molar-refractivity contribution >= 4 is 47.3 Å². The maximum atomic E-state index is 11.4. The molecule has 0 radical (unpaired) electrons. The number of imidazole rings is 1. The summed E-state index contributed by atoms with van der Waals surface area (Å²) in [6, 6.07) is 0. The van der Waals surface area contributed by atoms with E-state index in [0.29, 0.717) is 24.5 Å². The van der Waals surface area contributed by atoms with Gasteiger partial charge in [0.2, 0.25) is 5.95 Å². The fourth-order valence-electron chi connectivity index (χ4n) is 3.01. The third kappa shape index (κ3) is 3.05. The van der Waals surface area contributed by atoms with Gasteiger partial charge in [0.15, 0.2) is 11.5 Å². The molecule has 1 saturated carbocycles. The zero-order valence-electron chi connectivity index (χ0n) is 12.6. The lowest BCUT2D eigenvalue weighted by atomic mass is 10.2. The van der Waals surface area contributed by atoms with Gasteiger partial charge in [-0.05, 0) is 19.3 Å². The van der Waals surface area contributed by atoms with Gasteiger partial charge in [0, 0.05) is 9.84 Å². The monoisotopic (exact) mass is 465 g/mol. The lowest BCUT2D eigenvalue weighted by molar-refractivity contribution is 0.0646. The van der Waals surface area contributed by atoms with E-state index in [1.54, 1.807) is 6.33 Å². The summed E-state index contributed by atoms with van der Waals surface area (Å²) < 4.78 is 18.8. The van der Waals surface area contributed by atoms with Crippen LogP contribution in [0.2, 0.25) is 0 Å². The molecule has 3 heterocycles. The van der Waals surface area contributed by atoms with Gasteiger partial charge in [0.1, 0.15) is 5.52 Å². The van der Waals surface area contributed by atoms with Crippen molar-refractivity contribution in [1.29, 1.82) is 0 Å². The van der Waals surface area contributed by atoms with Crippen LogP contribution in [-0.4, -0.2) is 45.2 Å². The van der Waals surface area contributed by atoms with Gasteiger partial charge in [-0.15, -0.1) is 0 Å². The lowest BCUT2D eigenvalue weighted by Crippen LogP contribution is -2.23. The van der Waals surface area contributed by atoms with Crippen LogP contribution in [0.3, 0.4) is 0 Å². The Morgan fingerprint density at radius 1 is 1.42 bits per heavy atom. The molecule has 1 aliphatic carbocycles. The fourth-order valence-corrected chi connectivity index (χ4v) is 5.09. The summed E-state index contributed by atoms with van der Waals surface area (Å²) in [6.07, 6.45) is 3.85. The van der Waals surface area contributed by atoms with Crippen molar-refractivity contribution in [1.82, 2.24) is 19.5 Å². The van der Waals surface area contributed by atoms with E-state index in [0.717, 1.165) is 24.1 Å². The van der Waals surface area contributed by atoms with E-state index in [4.69, 9.17) is 10.5 Å². The highest BCUT2D eigenvalue weighted by Gasteiger charge is 2.43. The molecule has 2 aromatic rings. The Kier molecular flexibility index (Phi) is 4.07. The van der Waals surface area contributed by atoms with Crippen LogP contribution in [0.1, 0.15) is 30.9 Å². The molecule has 1 aliphatic heterocycles. The minimum atomic E-state index is -4.24. The highest BCUT2D eigenvalue weighted by molar-refractivity contribution is 14.1. The summed E-state index contributed by atoms with van der Waals surface area (Å²) in [5.74, 6) is -0.418. The van der Waals surface area contributed by atoms with Gasteiger partial charge < -0.3 is 24.8 Å². The second-order valence-electron chi connectivity index (χ2n) is 6.28. The Balaban J connectivity index is 1.62. The molecule has 4 N–H and O–H groups in total. The van der Waals surface area contributed by atoms with E-state index in [1.807, 2.05) is 4.57 Å². The molecule has 2 aliphatic rings. The molecule has 0 unspecified atom stereocenters. The van der Waals surface area contributed by atoms with Gasteiger partial charge in [0.25, 0.3) is 0 Å². The molecule has 9 nitrogen and oxygen atoms in total. The fraction of sp³-hybridized carbons (Fsp3) is 0.615. The Morgan fingerprint density at radius 3 is 2.79 bits per heavy atom. The zero-order valence-corrected chi connectivity index (χ0v) is 15.7. The summed E-state index contributed by atoms with van der Waals surface area (Å²) in [6.45, 7) is 0.418. The van der Waals surface area contributed by atoms with Crippen LogP contribution in [-0.2, 0) is 15.8 Å². The van der Waals surface area contributed by atoms with Gasteiger partial charge in [0.05, 0.1) is 24.7 Å². The average molecular weight is 465 g/mol. The van der Waals surface area contributed by atoms with Crippen molar-refractivity contribution in [3.63, 3.8) is 0 Å². The van der Waals surface area contributed by atoms with Gasteiger partial charge in [-0.1, -0.05) is 22.6 Å². The molecule has 24 heavy (non-hydrogen) atoms. The Morgan fingerprint density at radius 2 is 2.17 bits per heavy atom. The number of fused-ring (bicyclic) bond motifs is 1. The van der Waals surface area contributed by atoms with Gasteiger partial charge in [-0.2, -0.15) is 4.98 Å². The SMILES string of the molecule is Nc1nc(C2CC2)c2ncn(C[C@H]3O[C@H](P(=O)(O)O)C[C@@H]3I)c2n1. The van der Waals surface area contributed by atoms with Gasteiger partial charge in [-0.25, -0.2) is 9.97 Å². The van der Waals surface area contributed by atoms with Crippen LogP contribution in [0.5, 0.6) is 0 Å². The first-order valence-corrected chi connectivity index (χ1v) is 10.6. The highest BCUT2D eigenvalue weighted by Crippen LogP contribution is 2.49. The third-order valence-corrected chi connectivity index (χ3v) is 6.78. The van der Waals surface area contributed by atoms with Crippen LogP contribution in [0.4, 0.5) is 5.95 Å². The van der Waals surface area contributed by atoms with E-state index in [2.05, 4.69) is 37.5 Å². The molecule has 0 aromatic carbocycles. The molecule has 11 heteroatoms. The molecule has 4 rings (SSSR count). The van der Waals surface area contributed by atoms with Crippen molar-refractivity contribution in [2.75, 3.05) is 5.73 Å². The number of alkyl halides is 1. The van der Waals surface area contributed by atoms with Crippen LogP contribution >= 0.6 is 30.2 Å². The van der Waals surface area contributed by atoms with Crippen LogP contribution in [0.15, 0.2) is 6.33 Å². The standard InChI is InChI=1S/C13H17IN5O4P/c14-7-3-9(24(20,21)22)23-8(7)4-19-5-16-11-10(6-1-2-6)17-13(15)18-12(11)19/h5-9H,1-4H2,(H2,15,17,18)(H2,20,21,22)/t7-,8+,9+/m0/s1. The first-order chi connectivity index (χ1) is 11.3. The van der Waals surface area contributed by atoms with Crippen LogP contribution in [0.25, 0.3) is 11.2 Å². The minimum Gasteiger partial charge on any atom is -0.368 e. The average Bonchev–Trinajstić information content (AvgIpc) is 3.17. The lowest BCUT2D eigenvalue weighted by Gasteiger charge is -2.16. The number of rotatable bonds is 4. The molecule has 2 fully saturated rings. The van der Waals surface area contributed by atoms with Crippen molar-refractivity contribution in [2.45, 2.75) is 47.6 Å². The second kappa shape index (κ2) is 5.87. The van der Waals surface area contributed by atoms with Crippen molar-refractivity contribution in [3.8, 4) is 0 Å². The maximum Gasteiger partial charge on any atom is 0.354 e. The second-order valence-corrected chi connectivity index (χ2v) is 9.63. The normalized spacial score (nSPS) is 27.9. The molecule has 2 aromatic heterocycles. The Hall–Kier alpha value is -0.810. The number of hydrogen-bond donors (Lipinski definition) is 3. The summed E-state index contributed by atoms with van der Waals surface area (Å²) in [7, 11) is -4.24. The Bertz CT molecular complexity index is 835. The molecule has 130 valence electrons. The largest absolute Gasteiger partial charge is 0.368 e. The van der Waals surface area contributed by atoms with Crippen molar-refractivity contribution in [3.05, 3.63) is 12.0 Å². The van der Waals surface area contributed by atoms with E-state index in [9.17, 15) is 14.4 Å². The predicted molar refractivity (Wildman–Crippen MR) is 94.8 cm³/mol. The maximum absolute atomic E-state index is 11.4. The van der Waals surface area contributed by atoms with Crippen LogP contribution < -0.4 is 5.73 Å². The number of nitrogens with two attached hydrogens (primary N) is 1. The van der Waals surface area contributed by atoms with E-state index >= 15 is 0 Å². The molecule has 0 bridgehead atoms. The summed E-state index contributed by atoms with van der Waals surface area (Å²) in [5, 5.41) is 0. The van der Waals surface area contributed by atoms with Crippen molar-refractivity contribution < 1.29 is 19.1 Å². The predicted octanol–water partition coefficient (Wildman–Crippen LogP) is 1.38. The first kappa shape index (κ1) is 16.6. The molecule has 0 amide bonds. The topological polar surface area (TPSA) is 136 Å². The quantitative estimate of drug-likeness (QED) is 0.350. The molecular weight excluding hydrogens is 448 g/mol. The third-order valence-electron chi connectivity index (χ3n) is 4.39. The number of nitrogen functional groups attached to an aromatic ring is 1. The van der Waals surface area contributed by atoms with E-state index < -0.39 is 13.4 Å². The number of anilines is 1. The van der Waals surface area contributed by atoms with E-state index in [1.165, 1.54) is 0 Å². The molecule has 3 atom stereocenters.